The molecule has 0 bridgehead atoms. The first-order valence-corrected chi connectivity index (χ1v) is 6.67. The van der Waals surface area contributed by atoms with Crippen molar-refractivity contribution in [3.63, 3.8) is 0 Å². The van der Waals surface area contributed by atoms with Crippen LogP contribution in [0.15, 0.2) is 30.3 Å². The molecule has 5 heteroatoms. The standard InChI is InChI=1S/C16H14F3NO/c1-20-16(15-12(18)7-11(17)8-13(15)19)10-2-3-14-9(6-10)4-5-21-14/h2-3,6-8,16,20H,4-5H2,1H3. The first-order valence-electron chi connectivity index (χ1n) is 6.67. The summed E-state index contributed by atoms with van der Waals surface area (Å²) < 4.78 is 46.4. The number of hydrogen-bond acceptors (Lipinski definition) is 2. The van der Waals surface area contributed by atoms with Crippen LogP contribution in [0.2, 0.25) is 0 Å². The van der Waals surface area contributed by atoms with Crippen molar-refractivity contribution in [2.75, 3.05) is 13.7 Å². The molecular weight excluding hydrogens is 279 g/mol. The predicted octanol–water partition coefficient (Wildman–Crippen LogP) is 3.35. The molecule has 3 rings (SSSR count). The lowest BCUT2D eigenvalue weighted by Gasteiger charge is -2.19. The molecule has 2 aromatic rings. The van der Waals surface area contributed by atoms with E-state index in [0.717, 1.165) is 17.7 Å². The van der Waals surface area contributed by atoms with Gasteiger partial charge in [-0.05, 0) is 24.2 Å². The fourth-order valence-electron chi connectivity index (χ4n) is 2.69. The Morgan fingerprint density at radius 2 is 1.81 bits per heavy atom. The van der Waals surface area contributed by atoms with Crippen molar-refractivity contribution in [2.45, 2.75) is 12.5 Å². The van der Waals surface area contributed by atoms with Crippen LogP contribution in [0.5, 0.6) is 5.75 Å². The van der Waals surface area contributed by atoms with E-state index in [1.165, 1.54) is 0 Å². The number of rotatable bonds is 3. The minimum atomic E-state index is -0.925. The summed E-state index contributed by atoms with van der Waals surface area (Å²) in [5.74, 6) is -1.92. The number of nitrogens with one attached hydrogen (secondary N) is 1. The van der Waals surface area contributed by atoms with Gasteiger partial charge in [0.05, 0.1) is 12.6 Å². The van der Waals surface area contributed by atoms with Crippen LogP contribution in [0, 0.1) is 17.5 Å². The van der Waals surface area contributed by atoms with Crippen molar-refractivity contribution in [3.8, 4) is 5.75 Å². The fourth-order valence-corrected chi connectivity index (χ4v) is 2.69. The lowest BCUT2D eigenvalue weighted by Crippen LogP contribution is -2.20. The van der Waals surface area contributed by atoms with Gasteiger partial charge in [-0.15, -0.1) is 0 Å². The van der Waals surface area contributed by atoms with Gasteiger partial charge in [-0.25, -0.2) is 13.2 Å². The number of hydrogen-bond donors (Lipinski definition) is 1. The number of halogens is 3. The number of benzene rings is 2. The average molecular weight is 293 g/mol. The van der Waals surface area contributed by atoms with E-state index in [1.807, 2.05) is 6.07 Å². The van der Waals surface area contributed by atoms with Crippen molar-refractivity contribution in [2.24, 2.45) is 0 Å². The van der Waals surface area contributed by atoms with Gasteiger partial charge in [-0.1, -0.05) is 12.1 Å². The zero-order valence-corrected chi connectivity index (χ0v) is 11.4. The summed E-state index contributed by atoms with van der Waals surface area (Å²) in [6.07, 6.45) is 0.772. The average Bonchev–Trinajstić information content (AvgIpc) is 2.89. The van der Waals surface area contributed by atoms with E-state index in [0.29, 0.717) is 24.3 Å². The van der Waals surface area contributed by atoms with E-state index in [-0.39, 0.29) is 5.56 Å². The van der Waals surface area contributed by atoms with Crippen LogP contribution in [0.1, 0.15) is 22.7 Å². The minimum Gasteiger partial charge on any atom is -0.493 e. The van der Waals surface area contributed by atoms with E-state index in [4.69, 9.17) is 4.74 Å². The molecule has 21 heavy (non-hydrogen) atoms. The van der Waals surface area contributed by atoms with Gasteiger partial charge < -0.3 is 10.1 Å². The maximum absolute atomic E-state index is 14.0. The molecule has 0 fully saturated rings. The van der Waals surface area contributed by atoms with E-state index in [2.05, 4.69) is 5.32 Å². The summed E-state index contributed by atoms with van der Waals surface area (Å²) in [6, 6.07) is 6.12. The van der Waals surface area contributed by atoms with E-state index < -0.39 is 23.5 Å². The zero-order chi connectivity index (χ0) is 15.0. The van der Waals surface area contributed by atoms with Crippen molar-refractivity contribution >= 4 is 0 Å². The highest BCUT2D eigenvalue weighted by molar-refractivity contribution is 5.43. The van der Waals surface area contributed by atoms with Crippen molar-refractivity contribution < 1.29 is 17.9 Å². The molecular formula is C16H14F3NO. The van der Waals surface area contributed by atoms with Gasteiger partial charge in [0, 0.05) is 24.1 Å². The van der Waals surface area contributed by atoms with E-state index in [9.17, 15) is 13.2 Å². The maximum Gasteiger partial charge on any atom is 0.134 e. The smallest absolute Gasteiger partial charge is 0.134 e. The molecule has 1 heterocycles. The molecule has 1 atom stereocenters. The third-order valence-electron chi connectivity index (χ3n) is 3.67. The van der Waals surface area contributed by atoms with E-state index in [1.54, 1.807) is 19.2 Å². The van der Waals surface area contributed by atoms with Crippen LogP contribution < -0.4 is 10.1 Å². The Bertz CT molecular complexity index is 664. The van der Waals surface area contributed by atoms with Gasteiger partial charge in [-0.2, -0.15) is 0 Å². The van der Waals surface area contributed by atoms with Crippen LogP contribution in [-0.2, 0) is 6.42 Å². The molecule has 0 radical (unpaired) electrons. The predicted molar refractivity (Wildman–Crippen MR) is 72.9 cm³/mol. The molecule has 0 aromatic heterocycles. The Kier molecular flexibility index (Phi) is 3.59. The second-order valence-electron chi connectivity index (χ2n) is 4.97. The van der Waals surface area contributed by atoms with Gasteiger partial charge in [0.15, 0.2) is 0 Å². The highest BCUT2D eigenvalue weighted by atomic mass is 19.1. The Morgan fingerprint density at radius 1 is 1.10 bits per heavy atom. The zero-order valence-electron chi connectivity index (χ0n) is 11.4. The molecule has 1 unspecified atom stereocenters. The molecule has 0 aliphatic carbocycles. The normalized spacial score (nSPS) is 14.7. The van der Waals surface area contributed by atoms with Gasteiger partial charge in [0.2, 0.25) is 0 Å². The Balaban J connectivity index is 2.07. The largest absolute Gasteiger partial charge is 0.493 e. The van der Waals surface area contributed by atoms with Crippen LogP contribution in [-0.4, -0.2) is 13.7 Å². The first-order chi connectivity index (χ1) is 10.1. The summed E-state index contributed by atoms with van der Waals surface area (Å²) in [6.45, 7) is 0.613. The SMILES string of the molecule is CNC(c1ccc2c(c1)CCO2)c1c(F)cc(F)cc1F. The molecule has 1 aliphatic rings. The molecule has 2 nitrogen and oxygen atoms in total. The highest BCUT2D eigenvalue weighted by Gasteiger charge is 2.23. The lowest BCUT2D eigenvalue weighted by atomic mass is 9.95. The molecule has 0 saturated carbocycles. The summed E-state index contributed by atoms with van der Waals surface area (Å²) >= 11 is 0. The molecule has 0 saturated heterocycles. The van der Waals surface area contributed by atoms with Gasteiger partial charge in [0.1, 0.15) is 23.2 Å². The highest BCUT2D eigenvalue weighted by Crippen LogP contribution is 2.32. The summed E-state index contributed by atoms with van der Waals surface area (Å²) in [7, 11) is 1.61. The van der Waals surface area contributed by atoms with Gasteiger partial charge in [0.25, 0.3) is 0 Å². The fraction of sp³-hybridized carbons (Fsp3) is 0.250. The van der Waals surface area contributed by atoms with Gasteiger partial charge >= 0.3 is 0 Å². The van der Waals surface area contributed by atoms with Crippen molar-refractivity contribution in [1.82, 2.24) is 5.32 Å². The second-order valence-corrected chi connectivity index (χ2v) is 4.97. The molecule has 1 aliphatic heterocycles. The first kappa shape index (κ1) is 13.9. The summed E-state index contributed by atoms with van der Waals surface area (Å²) in [5, 5.41) is 2.88. The van der Waals surface area contributed by atoms with Crippen LogP contribution in [0.4, 0.5) is 13.2 Å². The Hall–Kier alpha value is -2.01. The van der Waals surface area contributed by atoms with Crippen LogP contribution >= 0.6 is 0 Å². The third-order valence-corrected chi connectivity index (χ3v) is 3.67. The van der Waals surface area contributed by atoms with E-state index >= 15 is 0 Å². The Labute approximate surface area is 120 Å². The van der Waals surface area contributed by atoms with Crippen molar-refractivity contribution in [3.05, 3.63) is 64.5 Å². The topological polar surface area (TPSA) is 21.3 Å². The molecule has 2 aromatic carbocycles. The lowest BCUT2D eigenvalue weighted by molar-refractivity contribution is 0.357. The third kappa shape index (κ3) is 2.49. The molecule has 110 valence electrons. The number of fused-ring (bicyclic) bond motifs is 1. The second kappa shape index (κ2) is 5.41. The quantitative estimate of drug-likeness (QED) is 0.937. The molecule has 1 N–H and O–H groups in total. The summed E-state index contributed by atoms with van der Waals surface area (Å²) in [5.41, 5.74) is 1.54. The minimum absolute atomic E-state index is 0.183. The van der Waals surface area contributed by atoms with Crippen LogP contribution in [0.3, 0.4) is 0 Å². The van der Waals surface area contributed by atoms with Gasteiger partial charge in [-0.3, -0.25) is 0 Å². The summed E-state index contributed by atoms with van der Waals surface area (Å²) in [4.78, 5) is 0. The van der Waals surface area contributed by atoms with Crippen LogP contribution in [0.25, 0.3) is 0 Å². The number of ether oxygens (including phenoxy) is 1. The maximum atomic E-state index is 14.0. The monoisotopic (exact) mass is 293 g/mol. The Morgan fingerprint density at radius 3 is 2.48 bits per heavy atom. The molecule has 0 spiro atoms. The van der Waals surface area contributed by atoms with Crippen molar-refractivity contribution in [1.29, 1.82) is 0 Å². The molecule has 0 amide bonds.